The smallest absolute Gasteiger partial charge is 0.387 e. The molecule has 1 saturated heterocycles. The second kappa shape index (κ2) is 9.10. The molecule has 172 valence electrons. The van der Waals surface area contributed by atoms with Gasteiger partial charge in [0, 0.05) is 6.20 Å². The minimum atomic E-state index is -5.12. The first kappa shape index (κ1) is 25.0. The second-order valence-electron chi connectivity index (χ2n) is 7.45. The quantitative estimate of drug-likeness (QED) is 0.154. The van der Waals surface area contributed by atoms with Crippen LogP contribution in [0.4, 0.5) is 5.82 Å². The number of nitrogens with zero attached hydrogens (tertiary/aromatic N) is 3. The summed E-state index contributed by atoms with van der Waals surface area (Å²) in [7, 11) is -5.15. The van der Waals surface area contributed by atoms with Crippen LogP contribution >= 0.6 is 15.6 Å². The predicted molar refractivity (Wildman–Crippen MR) is 99.5 cm³/mol. The zero-order valence-electron chi connectivity index (χ0n) is 16.3. The van der Waals surface area contributed by atoms with Crippen LogP contribution < -0.4 is 11.4 Å². The van der Waals surface area contributed by atoms with E-state index in [-0.39, 0.29) is 17.0 Å². The van der Waals surface area contributed by atoms with Gasteiger partial charge < -0.3 is 35.0 Å². The van der Waals surface area contributed by atoms with Gasteiger partial charge in [-0.05, 0) is 6.07 Å². The third kappa shape index (κ3) is 6.90. The first-order valence-corrected chi connectivity index (χ1v) is 11.4. The average Bonchev–Trinajstić information content (AvgIpc) is 2.85. The number of anilines is 1. The van der Waals surface area contributed by atoms with Gasteiger partial charge in [-0.25, -0.2) is 18.4 Å². The Hall–Kier alpha value is -1.22. The maximum atomic E-state index is 12.0. The number of nitrogens with two attached hydrogens (primary N) is 1. The number of hydrogen-bond acceptors (Lipinski definition) is 11. The van der Waals surface area contributed by atoms with Crippen LogP contribution in [0.25, 0.3) is 0 Å². The zero-order chi connectivity index (χ0) is 22.9. The molecule has 30 heavy (non-hydrogen) atoms. The summed E-state index contributed by atoms with van der Waals surface area (Å²) >= 11 is 0. The number of aliphatic hydroxyl groups is 2. The van der Waals surface area contributed by atoms with Crippen molar-refractivity contribution in [3.63, 3.8) is 0 Å². The van der Waals surface area contributed by atoms with Crippen LogP contribution in [0.15, 0.2) is 17.1 Å². The summed E-state index contributed by atoms with van der Waals surface area (Å²) in [4.78, 5) is 34.6. The van der Waals surface area contributed by atoms with Crippen molar-refractivity contribution < 1.29 is 51.7 Å². The molecule has 0 radical (unpaired) electrons. The molecule has 0 amide bonds. The van der Waals surface area contributed by atoms with Gasteiger partial charge in [0.25, 0.3) is 0 Å². The lowest BCUT2D eigenvalue weighted by Gasteiger charge is -2.25. The molecule has 1 aliphatic rings. The van der Waals surface area contributed by atoms with Crippen molar-refractivity contribution in [3.05, 3.63) is 22.7 Å². The SMILES string of the molecule is C[N+](C)(C)COP(=O)(O)OP(=O)(O)OC[C@H]1O[C@@H](n2ccc(N)nc2=O)[C@H](O)[C@@H]1O. The minimum Gasteiger partial charge on any atom is -0.387 e. The van der Waals surface area contributed by atoms with E-state index in [0.29, 0.717) is 0 Å². The van der Waals surface area contributed by atoms with Gasteiger partial charge in [0.2, 0.25) is 0 Å². The van der Waals surface area contributed by atoms with Gasteiger partial charge in [-0.1, -0.05) is 0 Å². The van der Waals surface area contributed by atoms with Crippen LogP contribution in [0.1, 0.15) is 6.23 Å². The molecule has 6 atom stereocenters. The zero-order valence-corrected chi connectivity index (χ0v) is 18.1. The molecule has 0 saturated carbocycles. The van der Waals surface area contributed by atoms with Crippen LogP contribution in [-0.2, 0) is 27.2 Å². The molecule has 1 aliphatic heterocycles. The van der Waals surface area contributed by atoms with E-state index in [1.165, 1.54) is 12.3 Å². The topological polar surface area (TPSA) is 213 Å². The number of rotatable bonds is 9. The molecule has 1 aromatic rings. The maximum Gasteiger partial charge on any atom is 0.485 e. The lowest BCUT2D eigenvalue weighted by molar-refractivity contribution is -0.887. The summed E-state index contributed by atoms with van der Waals surface area (Å²) in [6, 6.07) is 1.26. The Morgan fingerprint density at radius 3 is 2.37 bits per heavy atom. The molecule has 0 bridgehead atoms. The average molecular weight is 475 g/mol. The Morgan fingerprint density at radius 2 is 1.80 bits per heavy atom. The van der Waals surface area contributed by atoms with E-state index in [0.717, 1.165) is 4.57 Å². The Labute approximate surface area is 171 Å². The van der Waals surface area contributed by atoms with Gasteiger partial charge in [0.15, 0.2) is 13.0 Å². The maximum absolute atomic E-state index is 12.0. The Kier molecular flexibility index (Phi) is 7.60. The lowest BCUT2D eigenvalue weighted by atomic mass is 10.1. The molecule has 0 aromatic carbocycles. The Balaban J connectivity index is 2.00. The summed E-state index contributed by atoms with van der Waals surface area (Å²) in [6.07, 6.45) is -4.83. The van der Waals surface area contributed by atoms with Crippen LogP contribution in [0.2, 0.25) is 0 Å². The largest absolute Gasteiger partial charge is 0.485 e. The van der Waals surface area contributed by atoms with E-state index in [1.807, 2.05) is 0 Å². The van der Waals surface area contributed by atoms with Crippen LogP contribution in [0, 0.1) is 0 Å². The summed E-state index contributed by atoms with van der Waals surface area (Å²) < 4.78 is 43.4. The van der Waals surface area contributed by atoms with Crippen molar-refractivity contribution in [2.45, 2.75) is 24.5 Å². The number of phosphoric ester groups is 2. The Bertz CT molecular complexity index is 904. The van der Waals surface area contributed by atoms with Gasteiger partial charge >= 0.3 is 21.3 Å². The minimum absolute atomic E-state index is 0.0663. The van der Waals surface area contributed by atoms with E-state index in [4.69, 9.17) is 10.5 Å². The Morgan fingerprint density at radius 1 is 1.20 bits per heavy atom. The highest BCUT2D eigenvalue weighted by Crippen LogP contribution is 2.60. The number of hydrogen-bond donors (Lipinski definition) is 5. The van der Waals surface area contributed by atoms with E-state index in [9.17, 15) is 33.9 Å². The third-order valence-corrected chi connectivity index (χ3v) is 6.25. The molecule has 2 rings (SSSR count). The van der Waals surface area contributed by atoms with Gasteiger partial charge in [-0.2, -0.15) is 9.29 Å². The molecule has 1 aromatic heterocycles. The number of phosphoric acid groups is 2. The molecule has 6 N–H and O–H groups in total. The molecular weight excluding hydrogens is 450 g/mol. The molecule has 1 fully saturated rings. The van der Waals surface area contributed by atoms with Crippen molar-refractivity contribution in [1.82, 2.24) is 9.55 Å². The molecule has 0 spiro atoms. The molecule has 2 heterocycles. The molecule has 17 heteroatoms. The number of aromatic nitrogens is 2. The highest BCUT2D eigenvalue weighted by atomic mass is 31.3. The van der Waals surface area contributed by atoms with Crippen LogP contribution in [-0.4, -0.2) is 86.8 Å². The van der Waals surface area contributed by atoms with E-state index >= 15 is 0 Å². The number of aliphatic hydroxyl groups excluding tert-OH is 2. The van der Waals surface area contributed by atoms with E-state index < -0.39 is 52.5 Å². The summed E-state index contributed by atoms with van der Waals surface area (Å²) in [5.74, 6) is -0.0663. The molecular formula is C13H25N4O11P2+. The summed E-state index contributed by atoms with van der Waals surface area (Å²) in [5, 5.41) is 20.2. The van der Waals surface area contributed by atoms with Crippen molar-refractivity contribution in [2.75, 3.05) is 40.2 Å². The van der Waals surface area contributed by atoms with Crippen molar-refractivity contribution >= 4 is 21.5 Å². The first-order valence-electron chi connectivity index (χ1n) is 8.43. The van der Waals surface area contributed by atoms with Crippen molar-refractivity contribution in [2.24, 2.45) is 0 Å². The van der Waals surface area contributed by atoms with Crippen LogP contribution in [0.5, 0.6) is 0 Å². The van der Waals surface area contributed by atoms with E-state index in [1.54, 1.807) is 21.1 Å². The summed E-state index contributed by atoms with van der Waals surface area (Å²) in [5.41, 5.74) is 4.52. The molecule has 0 aliphatic carbocycles. The number of nitrogen functional groups attached to an aromatic ring is 1. The fourth-order valence-electron chi connectivity index (χ4n) is 2.31. The number of ether oxygens (including phenoxy) is 1. The summed E-state index contributed by atoms with van der Waals surface area (Å²) in [6.45, 7) is -1.13. The normalized spacial score (nSPS) is 28.8. The monoisotopic (exact) mass is 475 g/mol. The van der Waals surface area contributed by atoms with Crippen molar-refractivity contribution in [3.8, 4) is 0 Å². The standard InChI is InChI=1S/C13H24N4O11P2/c1-17(2,3)7-26-30(23,24)28-29(21,22)25-6-8-10(18)11(19)12(27-8)16-5-4-9(14)15-13(16)20/h4-5,8,10-12,18-19H,6-7H2,1-3H3,(H3-,14,15,20,21,22,23,24)/p+1/t8-,10-,11-,12-/m1/s1. The fraction of sp³-hybridized carbons (Fsp3) is 0.692. The first-order chi connectivity index (χ1) is 13.6. The van der Waals surface area contributed by atoms with E-state index in [2.05, 4.69) is 18.3 Å². The number of quaternary nitrogens is 1. The van der Waals surface area contributed by atoms with Crippen molar-refractivity contribution in [1.29, 1.82) is 0 Å². The van der Waals surface area contributed by atoms with Gasteiger partial charge in [0.1, 0.15) is 24.1 Å². The van der Waals surface area contributed by atoms with Gasteiger partial charge in [0.05, 0.1) is 27.7 Å². The van der Waals surface area contributed by atoms with Crippen LogP contribution in [0.3, 0.4) is 0 Å². The fourth-order valence-corrected chi connectivity index (χ4v) is 4.56. The van der Waals surface area contributed by atoms with Gasteiger partial charge in [-0.15, -0.1) is 0 Å². The second-order valence-corrected chi connectivity index (χ2v) is 10.5. The van der Waals surface area contributed by atoms with Gasteiger partial charge in [-0.3, -0.25) is 9.09 Å². The highest BCUT2D eigenvalue weighted by molar-refractivity contribution is 7.61. The highest BCUT2D eigenvalue weighted by Gasteiger charge is 2.46. The predicted octanol–water partition coefficient (Wildman–Crippen LogP) is -1.64. The third-order valence-electron chi connectivity index (χ3n) is 3.68. The molecule has 15 nitrogen and oxygen atoms in total. The molecule has 2 unspecified atom stereocenters. The lowest BCUT2D eigenvalue weighted by Crippen LogP contribution is -2.36.